The molecule has 33 heavy (non-hydrogen) atoms. The lowest BCUT2D eigenvalue weighted by Crippen LogP contribution is -2.36. The third kappa shape index (κ3) is 4.04. The van der Waals surface area contributed by atoms with Gasteiger partial charge in [0.2, 0.25) is 5.95 Å². The van der Waals surface area contributed by atoms with Crippen molar-refractivity contribution in [1.29, 1.82) is 0 Å². The maximum atomic E-state index is 12.9. The number of rotatable bonds is 7. The first-order chi connectivity index (χ1) is 16.2. The highest BCUT2D eigenvalue weighted by Gasteiger charge is 2.18. The zero-order valence-corrected chi connectivity index (χ0v) is 18.8. The number of aliphatic hydroxyl groups excluding tert-OH is 1. The predicted octanol–water partition coefficient (Wildman–Crippen LogP) is 2.90. The van der Waals surface area contributed by atoms with Gasteiger partial charge in [0.05, 0.1) is 32.1 Å². The van der Waals surface area contributed by atoms with Crippen LogP contribution in [0.1, 0.15) is 5.56 Å². The van der Waals surface area contributed by atoms with Gasteiger partial charge in [0.25, 0.3) is 5.56 Å². The molecule has 0 spiro atoms. The van der Waals surface area contributed by atoms with Gasteiger partial charge in [-0.3, -0.25) is 4.79 Å². The lowest BCUT2D eigenvalue weighted by atomic mass is 10.1. The number of benzene rings is 1. The maximum Gasteiger partial charge on any atom is 0.278 e. The number of aromatic nitrogens is 4. The summed E-state index contributed by atoms with van der Waals surface area (Å²) in [6.07, 6.45) is 3.23. The Hall–Kier alpha value is -3.47. The van der Waals surface area contributed by atoms with Crippen LogP contribution in [0.5, 0.6) is 0 Å². The van der Waals surface area contributed by atoms with Crippen LogP contribution in [0.15, 0.2) is 58.7 Å². The Morgan fingerprint density at radius 3 is 2.85 bits per heavy atom. The van der Waals surface area contributed by atoms with Crippen molar-refractivity contribution in [3.05, 3.63) is 69.8 Å². The van der Waals surface area contributed by atoms with Crippen LogP contribution in [0.25, 0.3) is 16.7 Å². The summed E-state index contributed by atoms with van der Waals surface area (Å²) in [5.41, 5.74) is 3.78. The van der Waals surface area contributed by atoms with Crippen molar-refractivity contribution in [2.24, 2.45) is 0 Å². The van der Waals surface area contributed by atoms with Gasteiger partial charge in [-0.25, -0.2) is 14.3 Å². The Morgan fingerprint density at radius 2 is 2.12 bits per heavy atom. The minimum atomic E-state index is -0.167. The highest BCUT2D eigenvalue weighted by molar-refractivity contribution is 7.08. The lowest BCUT2D eigenvalue weighted by molar-refractivity contribution is 0.122. The first-order valence-electron chi connectivity index (χ1n) is 10.6. The van der Waals surface area contributed by atoms with Crippen molar-refractivity contribution < 1.29 is 9.84 Å². The van der Waals surface area contributed by atoms with Crippen molar-refractivity contribution in [3.63, 3.8) is 0 Å². The normalized spacial score (nSPS) is 14.0. The first-order valence-corrected chi connectivity index (χ1v) is 11.6. The molecule has 1 saturated heterocycles. The Balaban J connectivity index is 1.51. The van der Waals surface area contributed by atoms with Gasteiger partial charge >= 0.3 is 0 Å². The Kier molecular flexibility index (Phi) is 5.95. The van der Waals surface area contributed by atoms with E-state index in [2.05, 4.69) is 26.8 Å². The number of anilines is 3. The molecule has 0 aliphatic carbocycles. The summed E-state index contributed by atoms with van der Waals surface area (Å²) in [4.78, 5) is 24.2. The highest BCUT2D eigenvalue weighted by atomic mass is 32.1. The molecule has 0 atom stereocenters. The molecular weight excluding hydrogens is 440 g/mol. The molecule has 2 N–H and O–H groups in total. The summed E-state index contributed by atoms with van der Waals surface area (Å²) in [7, 11) is 0. The first kappa shape index (κ1) is 21.4. The summed E-state index contributed by atoms with van der Waals surface area (Å²) < 4.78 is 8.82. The SMILES string of the molecule is C=CCn1c(=O)c2cnc(Nc3ccc(N4CCOCC4)c(CO)c3)nc2n1-c1ccsc1. The van der Waals surface area contributed by atoms with E-state index < -0.39 is 0 Å². The average molecular weight is 465 g/mol. The van der Waals surface area contributed by atoms with Crippen molar-refractivity contribution in [2.45, 2.75) is 13.2 Å². The molecule has 170 valence electrons. The molecule has 1 aromatic carbocycles. The van der Waals surface area contributed by atoms with E-state index in [1.807, 2.05) is 35.0 Å². The fourth-order valence-corrected chi connectivity index (χ4v) is 4.66. The molecule has 1 aliphatic rings. The lowest BCUT2D eigenvalue weighted by Gasteiger charge is -2.30. The molecular formula is C23H24N6O3S. The van der Waals surface area contributed by atoms with Gasteiger partial charge in [-0.1, -0.05) is 6.08 Å². The monoisotopic (exact) mass is 464 g/mol. The van der Waals surface area contributed by atoms with Crippen molar-refractivity contribution in [2.75, 3.05) is 36.5 Å². The van der Waals surface area contributed by atoms with Crippen molar-refractivity contribution >= 4 is 39.7 Å². The molecule has 1 aliphatic heterocycles. The quantitative estimate of drug-likeness (QED) is 0.406. The number of morpholine rings is 1. The van der Waals surface area contributed by atoms with Crippen LogP contribution in [-0.2, 0) is 17.9 Å². The van der Waals surface area contributed by atoms with Gasteiger partial charge in [-0.05, 0) is 29.6 Å². The third-order valence-electron chi connectivity index (χ3n) is 5.59. The minimum absolute atomic E-state index is 0.0792. The topological polar surface area (TPSA) is 97.4 Å². The van der Waals surface area contributed by atoms with E-state index in [4.69, 9.17) is 4.74 Å². The molecule has 5 rings (SSSR count). The number of thiophene rings is 1. The van der Waals surface area contributed by atoms with E-state index in [0.29, 0.717) is 36.7 Å². The third-order valence-corrected chi connectivity index (χ3v) is 6.26. The van der Waals surface area contributed by atoms with Gasteiger partial charge in [-0.15, -0.1) is 6.58 Å². The Morgan fingerprint density at radius 1 is 1.27 bits per heavy atom. The van der Waals surface area contributed by atoms with E-state index >= 15 is 0 Å². The summed E-state index contributed by atoms with van der Waals surface area (Å²) >= 11 is 1.55. The number of fused-ring (bicyclic) bond motifs is 1. The molecule has 9 nitrogen and oxygen atoms in total. The Bertz CT molecular complexity index is 1340. The molecule has 1 fully saturated rings. The number of allylic oxidation sites excluding steroid dienone is 1. The average Bonchev–Trinajstić information content (AvgIpc) is 3.46. The second kappa shape index (κ2) is 9.18. The molecule has 0 radical (unpaired) electrons. The van der Waals surface area contributed by atoms with E-state index in [-0.39, 0.29) is 12.2 Å². The molecule has 0 unspecified atom stereocenters. The molecule has 3 aromatic heterocycles. The fourth-order valence-electron chi connectivity index (χ4n) is 4.05. The summed E-state index contributed by atoms with van der Waals surface area (Å²) in [6, 6.07) is 7.76. The van der Waals surface area contributed by atoms with Gasteiger partial charge in [0.15, 0.2) is 5.65 Å². The molecule has 10 heteroatoms. The van der Waals surface area contributed by atoms with Crippen molar-refractivity contribution in [3.8, 4) is 5.69 Å². The molecule has 0 bridgehead atoms. The highest BCUT2D eigenvalue weighted by Crippen LogP contribution is 2.27. The van der Waals surface area contributed by atoms with Crippen LogP contribution >= 0.6 is 11.3 Å². The summed E-state index contributed by atoms with van der Waals surface area (Å²) in [6.45, 7) is 6.99. The van der Waals surface area contributed by atoms with Crippen LogP contribution in [0.3, 0.4) is 0 Å². The largest absolute Gasteiger partial charge is 0.392 e. The van der Waals surface area contributed by atoms with Gasteiger partial charge in [0.1, 0.15) is 5.39 Å². The van der Waals surface area contributed by atoms with Crippen LogP contribution < -0.4 is 15.8 Å². The molecule has 0 amide bonds. The van der Waals surface area contributed by atoms with Gasteiger partial charge < -0.3 is 20.1 Å². The van der Waals surface area contributed by atoms with Gasteiger partial charge in [-0.2, -0.15) is 16.3 Å². The zero-order valence-electron chi connectivity index (χ0n) is 18.0. The van der Waals surface area contributed by atoms with E-state index in [1.165, 1.54) is 0 Å². The number of hydrogen-bond acceptors (Lipinski definition) is 8. The minimum Gasteiger partial charge on any atom is -0.392 e. The molecule has 0 saturated carbocycles. The number of nitrogens with zero attached hydrogens (tertiary/aromatic N) is 5. The maximum absolute atomic E-state index is 12.9. The number of ether oxygens (including phenoxy) is 1. The standard InChI is InChI=1S/C23H24N6O3S/c1-2-6-28-22(31)19-13-24-23(26-21(19)29(28)18-5-11-33-15-18)25-17-3-4-20(16(12-17)14-30)27-7-9-32-10-8-27/h2-5,11-13,15,30H,1,6-10,14H2,(H,24,25,26). The van der Waals surface area contributed by atoms with Gasteiger partial charge in [0, 0.05) is 41.6 Å². The number of nitrogens with one attached hydrogen (secondary N) is 1. The second-order valence-corrected chi connectivity index (χ2v) is 8.41. The smallest absolute Gasteiger partial charge is 0.278 e. The van der Waals surface area contributed by atoms with E-state index in [1.54, 1.807) is 33.0 Å². The second-order valence-electron chi connectivity index (χ2n) is 7.63. The van der Waals surface area contributed by atoms with Crippen LogP contribution in [-0.4, -0.2) is 50.7 Å². The van der Waals surface area contributed by atoms with Crippen LogP contribution in [0.4, 0.5) is 17.3 Å². The molecule has 4 aromatic rings. The number of hydrogen-bond donors (Lipinski definition) is 2. The predicted molar refractivity (Wildman–Crippen MR) is 130 cm³/mol. The van der Waals surface area contributed by atoms with Crippen molar-refractivity contribution in [1.82, 2.24) is 19.3 Å². The molecule has 4 heterocycles. The van der Waals surface area contributed by atoms with E-state index in [0.717, 1.165) is 35.7 Å². The van der Waals surface area contributed by atoms with Crippen LogP contribution in [0.2, 0.25) is 0 Å². The van der Waals surface area contributed by atoms with E-state index in [9.17, 15) is 9.90 Å². The fraction of sp³-hybridized carbons (Fsp3) is 0.261. The summed E-state index contributed by atoms with van der Waals surface area (Å²) in [5.74, 6) is 0.366. The van der Waals surface area contributed by atoms with Crippen LogP contribution in [0, 0.1) is 0 Å². The Labute approximate surface area is 194 Å². The summed E-state index contributed by atoms with van der Waals surface area (Å²) in [5, 5.41) is 17.5. The number of aliphatic hydroxyl groups is 1. The zero-order chi connectivity index (χ0) is 22.8.